The number of nitrogens with one attached hydrogen (secondary N) is 1. The Hall–Kier alpha value is -2.44. The van der Waals surface area contributed by atoms with Crippen LogP contribution in [0.25, 0.3) is 0 Å². The van der Waals surface area contributed by atoms with Crippen molar-refractivity contribution in [1.29, 1.82) is 0 Å². The highest BCUT2D eigenvalue weighted by Crippen LogP contribution is 2.31. The topological polar surface area (TPSA) is 69.6 Å². The van der Waals surface area contributed by atoms with Gasteiger partial charge in [-0.15, -0.1) is 0 Å². The summed E-state index contributed by atoms with van der Waals surface area (Å²) in [4.78, 5) is 26.8. The fourth-order valence-electron chi connectivity index (χ4n) is 3.62. The number of hydrogen-bond acceptors (Lipinski definition) is 3. The SMILES string of the molecule is CC(NC(=O)c1ccccc1Cl)C(=O)N1CCC(C(O)c2ccc(F)cc2)CC1. The minimum Gasteiger partial charge on any atom is -0.388 e. The molecule has 1 heterocycles. The van der Waals surface area contributed by atoms with Gasteiger partial charge < -0.3 is 15.3 Å². The Morgan fingerprint density at radius 3 is 2.38 bits per heavy atom. The summed E-state index contributed by atoms with van der Waals surface area (Å²) in [6, 6.07) is 11.8. The molecule has 3 rings (SSSR count). The van der Waals surface area contributed by atoms with Crippen molar-refractivity contribution in [3.05, 3.63) is 70.5 Å². The average Bonchev–Trinajstić information content (AvgIpc) is 2.73. The van der Waals surface area contributed by atoms with Crippen molar-refractivity contribution in [3.63, 3.8) is 0 Å². The van der Waals surface area contributed by atoms with Crippen LogP contribution in [-0.4, -0.2) is 41.0 Å². The van der Waals surface area contributed by atoms with Gasteiger partial charge in [0, 0.05) is 13.1 Å². The van der Waals surface area contributed by atoms with Gasteiger partial charge in [0.25, 0.3) is 5.91 Å². The summed E-state index contributed by atoms with van der Waals surface area (Å²) in [5.41, 5.74) is 1.01. The molecule has 2 amide bonds. The van der Waals surface area contributed by atoms with Crippen LogP contribution in [0.3, 0.4) is 0 Å². The van der Waals surface area contributed by atoms with Crippen LogP contribution < -0.4 is 5.32 Å². The first-order valence-corrected chi connectivity index (χ1v) is 10.0. The lowest BCUT2D eigenvalue weighted by atomic mass is 9.87. The highest BCUT2D eigenvalue weighted by atomic mass is 35.5. The van der Waals surface area contributed by atoms with Crippen LogP contribution in [0.5, 0.6) is 0 Å². The molecule has 5 nitrogen and oxygen atoms in total. The van der Waals surface area contributed by atoms with Gasteiger partial charge in [-0.05, 0) is 55.5 Å². The Labute approximate surface area is 174 Å². The molecule has 154 valence electrons. The van der Waals surface area contributed by atoms with Gasteiger partial charge in [-0.2, -0.15) is 0 Å². The summed E-state index contributed by atoms with van der Waals surface area (Å²) in [5.74, 6) is -0.898. The van der Waals surface area contributed by atoms with Crippen molar-refractivity contribution in [2.45, 2.75) is 31.9 Å². The maximum atomic E-state index is 13.1. The maximum absolute atomic E-state index is 13.1. The smallest absolute Gasteiger partial charge is 0.253 e. The predicted molar refractivity (Wildman–Crippen MR) is 109 cm³/mol. The van der Waals surface area contributed by atoms with Gasteiger partial charge in [0.1, 0.15) is 11.9 Å². The number of carbonyl (C=O) groups excluding carboxylic acids is 2. The lowest BCUT2D eigenvalue weighted by Gasteiger charge is -2.35. The van der Waals surface area contributed by atoms with E-state index in [0.29, 0.717) is 42.1 Å². The lowest BCUT2D eigenvalue weighted by molar-refractivity contribution is -0.134. The van der Waals surface area contributed by atoms with E-state index in [2.05, 4.69) is 5.32 Å². The Morgan fingerprint density at radius 1 is 1.14 bits per heavy atom. The summed E-state index contributed by atoms with van der Waals surface area (Å²) >= 11 is 6.04. The van der Waals surface area contributed by atoms with Gasteiger partial charge in [0.05, 0.1) is 16.7 Å². The average molecular weight is 419 g/mol. The molecule has 29 heavy (non-hydrogen) atoms. The molecule has 2 atom stereocenters. The molecule has 1 fully saturated rings. The zero-order valence-corrected chi connectivity index (χ0v) is 16.9. The third-order valence-corrected chi connectivity index (χ3v) is 5.68. The van der Waals surface area contributed by atoms with Gasteiger partial charge in [-0.3, -0.25) is 9.59 Å². The molecule has 2 aromatic carbocycles. The molecule has 0 saturated carbocycles. The largest absolute Gasteiger partial charge is 0.388 e. The first kappa shape index (κ1) is 21.3. The number of likely N-dealkylation sites (tertiary alicyclic amines) is 1. The Bertz CT molecular complexity index is 867. The molecule has 0 radical (unpaired) electrons. The quantitative estimate of drug-likeness (QED) is 0.779. The van der Waals surface area contributed by atoms with Crippen LogP contribution in [0, 0.1) is 11.7 Å². The van der Waals surface area contributed by atoms with Gasteiger partial charge in [0.15, 0.2) is 0 Å². The summed E-state index contributed by atoms with van der Waals surface area (Å²) in [6.07, 6.45) is 0.579. The summed E-state index contributed by atoms with van der Waals surface area (Å²) in [7, 11) is 0. The van der Waals surface area contributed by atoms with Crippen molar-refractivity contribution >= 4 is 23.4 Å². The van der Waals surface area contributed by atoms with Crippen LogP contribution >= 0.6 is 11.6 Å². The van der Waals surface area contributed by atoms with Crippen molar-refractivity contribution in [2.24, 2.45) is 5.92 Å². The molecule has 0 aromatic heterocycles. The summed E-state index contributed by atoms with van der Waals surface area (Å²) in [6.45, 7) is 2.64. The maximum Gasteiger partial charge on any atom is 0.253 e. The van der Waals surface area contributed by atoms with Gasteiger partial charge in [-0.1, -0.05) is 35.9 Å². The van der Waals surface area contributed by atoms with Crippen LogP contribution in [-0.2, 0) is 4.79 Å². The number of carbonyl (C=O) groups is 2. The molecule has 1 aliphatic rings. The predicted octanol–water partition coefficient (Wildman–Crippen LogP) is 3.57. The third kappa shape index (κ3) is 5.14. The van der Waals surface area contributed by atoms with E-state index in [1.165, 1.54) is 12.1 Å². The molecular weight excluding hydrogens is 395 g/mol. The van der Waals surface area contributed by atoms with Crippen LogP contribution in [0.2, 0.25) is 5.02 Å². The molecule has 2 N–H and O–H groups in total. The zero-order chi connectivity index (χ0) is 21.0. The number of aliphatic hydroxyl groups excluding tert-OH is 1. The van der Waals surface area contributed by atoms with Crippen molar-refractivity contribution in [1.82, 2.24) is 10.2 Å². The van der Waals surface area contributed by atoms with Crippen molar-refractivity contribution in [2.75, 3.05) is 13.1 Å². The number of benzene rings is 2. The van der Waals surface area contributed by atoms with Crippen LogP contribution in [0.4, 0.5) is 4.39 Å². The van der Waals surface area contributed by atoms with Gasteiger partial charge in [-0.25, -0.2) is 4.39 Å². The fourth-order valence-corrected chi connectivity index (χ4v) is 3.84. The summed E-state index contributed by atoms with van der Waals surface area (Å²) < 4.78 is 13.1. The number of amides is 2. The molecule has 0 aliphatic carbocycles. The van der Waals surface area contributed by atoms with Crippen LogP contribution in [0.15, 0.2) is 48.5 Å². The molecule has 0 spiro atoms. The van der Waals surface area contributed by atoms with Crippen molar-refractivity contribution < 1.29 is 19.1 Å². The van der Waals surface area contributed by atoms with E-state index in [0.717, 1.165) is 0 Å². The van der Waals surface area contributed by atoms with E-state index in [9.17, 15) is 19.1 Å². The highest BCUT2D eigenvalue weighted by molar-refractivity contribution is 6.33. The van der Waals surface area contributed by atoms with E-state index in [-0.39, 0.29) is 17.6 Å². The molecule has 0 bridgehead atoms. The van der Waals surface area contributed by atoms with E-state index in [4.69, 9.17) is 11.6 Å². The molecule has 1 saturated heterocycles. The normalized spacial score (nSPS) is 16.9. The standard InChI is InChI=1S/C22H24ClFN2O3/c1-14(25-21(28)18-4-2-3-5-19(18)23)22(29)26-12-10-16(11-13-26)20(27)15-6-8-17(24)9-7-15/h2-9,14,16,20,27H,10-13H2,1H3,(H,25,28). The van der Waals surface area contributed by atoms with E-state index in [1.807, 2.05) is 0 Å². The monoisotopic (exact) mass is 418 g/mol. The minimum absolute atomic E-state index is 0.00228. The second kappa shape index (κ2) is 9.37. The number of piperidine rings is 1. The van der Waals surface area contributed by atoms with Gasteiger partial charge >= 0.3 is 0 Å². The van der Waals surface area contributed by atoms with Crippen molar-refractivity contribution in [3.8, 4) is 0 Å². The molecule has 2 unspecified atom stereocenters. The second-order valence-corrected chi connectivity index (χ2v) is 7.74. The lowest BCUT2D eigenvalue weighted by Crippen LogP contribution is -2.49. The number of nitrogens with zero attached hydrogens (tertiary/aromatic N) is 1. The number of halogens is 2. The Kier molecular flexibility index (Phi) is 6.87. The molecule has 2 aromatic rings. The number of rotatable bonds is 5. The number of aliphatic hydroxyl groups is 1. The first-order valence-electron chi connectivity index (χ1n) is 9.64. The summed E-state index contributed by atoms with van der Waals surface area (Å²) in [5, 5.41) is 13.6. The zero-order valence-electron chi connectivity index (χ0n) is 16.1. The Balaban J connectivity index is 1.53. The fraction of sp³-hybridized carbons (Fsp3) is 0.364. The first-order chi connectivity index (χ1) is 13.9. The Morgan fingerprint density at radius 2 is 1.76 bits per heavy atom. The third-order valence-electron chi connectivity index (χ3n) is 5.35. The highest BCUT2D eigenvalue weighted by Gasteiger charge is 2.30. The van der Waals surface area contributed by atoms with Crippen LogP contribution in [0.1, 0.15) is 41.8 Å². The number of hydrogen-bond donors (Lipinski definition) is 2. The molecular formula is C22H24ClFN2O3. The van der Waals surface area contributed by atoms with E-state index in [1.54, 1.807) is 48.2 Å². The molecule has 1 aliphatic heterocycles. The van der Waals surface area contributed by atoms with Gasteiger partial charge in [0.2, 0.25) is 5.91 Å². The van der Waals surface area contributed by atoms with E-state index >= 15 is 0 Å². The second-order valence-electron chi connectivity index (χ2n) is 7.33. The van der Waals surface area contributed by atoms with E-state index < -0.39 is 18.1 Å². The molecule has 7 heteroatoms. The minimum atomic E-state index is -0.690.